The molecule has 0 saturated carbocycles. The van der Waals surface area contributed by atoms with Crippen molar-refractivity contribution < 1.29 is 17.9 Å². The van der Waals surface area contributed by atoms with Crippen molar-refractivity contribution in [3.05, 3.63) is 42.1 Å². The van der Waals surface area contributed by atoms with Crippen molar-refractivity contribution >= 4 is 27.6 Å². The lowest BCUT2D eigenvalue weighted by molar-refractivity contribution is 0.0981. The minimum absolute atomic E-state index is 0.0146. The number of nitrogens with one attached hydrogen (secondary N) is 2. The summed E-state index contributed by atoms with van der Waals surface area (Å²) in [6, 6.07) is 7.81. The Morgan fingerprint density at radius 2 is 2.06 bits per heavy atom. The van der Waals surface area contributed by atoms with E-state index in [0.717, 1.165) is 19.4 Å². The van der Waals surface area contributed by atoms with E-state index in [1.807, 2.05) is 6.92 Å². The molecule has 1 saturated heterocycles. The van der Waals surface area contributed by atoms with E-state index in [4.69, 9.17) is 4.74 Å². The van der Waals surface area contributed by atoms with Gasteiger partial charge in [0.1, 0.15) is 11.6 Å². The maximum absolute atomic E-state index is 13.1. The summed E-state index contributed by atoms with van der Waals surface area (Å²) in [6.45, 7) is 9.57. The fourth-order valence-corrected chi connectivity index (χ4v) is 4.88. The number of amides is 1. The fourth-order valence-electron chi connectivity index (χ4n) is 3.94. The van der Waals surface area contributed by atoms with Crippen molar-refractivity contribution in [1.29, 1.82) is 0 Å². The minimum atomic E-state index is -4.19. The summed E-state index contributed by atoms with van der Waals surface area (Å²) in [5.74, 6) is 0.542. The van der Waals surface area contributed by atoms with Crippen LogP contribution in [0, 0.1) is 5.92 Å². The van der Waals surface area contributed by atoms with Crippen LogP contribution in [-0.2, 0) is 14.8 Å². The molecule has 2 atom stereocenters. The third-order valence-electron chi connectivity index (χ3n) is 6.41. The van der Waals surface area contributed by atoms with Gasteiger partial charge in [-0.3, -0.25) is 4.79 Å². The largest absolute Gasteiger partial charge is 0.383 e. The zero-order chi connectivity index (χ0) is 24.2. The molecule has 2 aromatic rings. The van der Waals surface area contributed by atoms with Gasteiger partial charge < -0.3 is 15.0 Å². The molecule has 2 unspecified atom stereocenters. The van der Waals surface area contributed by atoms with Crippen LogP contribution in [-0.4, -0.2) is 56.1 Å². The lowest BCUT2D eigenvalue weighted by Crippen LogP contribution is -2.43. The van der Waals surface area contributed by atoms with Crippen molar-refractivity contribution in [2.24, 2.45) is 5.92 Å². The highest BCUT2D eigenvalue weighted by molar-refractivity contribution is 7.90. The Bertz CT molecular complexity index is 1090. The molecule has 0 spiro atoms. The number of sulfonamides is 1. The predicted molar refractivity (Wildman–Crippen MR) is 128 cm³/mol. The SMILES string of the molecule is CCC(COC)Nc1cccc(S(=O)(=O)NC(=O)c2cccnc2N2CCC(C)C2(C)C)n1. The van der Waals surface area contributed by atoms with E-state index in [2.05, 4.69) is 45.7 Å². The molecule has 33 heavy (non-hydrogen) atoms. The molecule has 1 aliphatic heterocycles. The third-order valence-corrected chi connectivity index (χ3v) is 7.65. The van der Waals surface area contributed by atoms with E-state index in [0.29, 0.717) is 24.2 Å². The number of carbonyl (C=O) groups is 1. The van der Waals surface area contributed by atoms with Gasteiger partial charge in [-0.1, -0.05) is 19.9 Å². The van der Waals surface area contributed by atoms with Crippen LogP contribution in [0.2, 0.25) is 0 Å². The number of aromatic nitrogens is 2. The highest BCUT2D eigenvalue weighted by Crippen LogP contribution is 2.38. The summed E-state index contributed by atoms with van der Waals surface area (Å²) in [5.41, 5.74) is 0.00522. The van der Waals surface area contributed by atoms with Crippen molar-refractivity contribution in [2.75, 3.05) is 30.5 Å². The van der Waals surface area contributed by atoms with E-state index >= 15 is 0 Å². The van der Waals surface area contributed by atoms with Gasteiger partial charge in [0.05, 0.1) is 18.2 Å². The summed E-state index contributed by atoms with van der Waals surface area (Å²) in [6.07, 6.45) is 3.35. The molecule has 180 valence electrons. The van der Waals surface area contributed by atoms with Crippen LogP contribution in [0.3, 0.4) is 0 Å². The Balaban J connectivity index is 1.84. The van der Waals surface area contributed by atoms with Crippen molar-refractivity contribution in [3.63, 3.8) is 0 Å². The third kappa shape index (κ3) is 5.44. The number of methoxy groups -OCH3 is 1. The first-order valence-electron chi connectivity index (χ1n) is 11.1. The van der Waals surface area contributed by atoms with E-state index in [1.54, 1.807) is 37.6 Å². The van der Waals surface area contributed by atoms with Gasteiger partial charge in [-0.05, 0) is 56.9 Å². The number of anilines is 2. The molecule has 0 aliphatic carbocycles. The van der Waals surface area contributed by atoms with Gasteiger partial charge >= 0.3 is 0 Å². The van der Waals surface area contributed by atoms with Crippen molar-refractivity contribution in [3.8, 4) is 0 Å². The molecule has 1 amide bonds. The zero-order valence-electron chi connectivity index (χ0n) is 19.8. The normalized spacial score (nSPS) is 18.7. The Morgan fingerprint density at radius 3 is 2.70 bits per heavy atom. The maximum Gasteiger partial charge on any atom is 0.281 e. The average Bonchev–Trinajstić information content (AvgIpc) is 3.05. The number of nitrogens with zero attached hydrogens (tertiary/aromatic N) is 3. The fraction of sp³-hybridized carbons (Fsp3) is 0.522. The number of carbonyl (C=O) groups excluding carboxylic acids is 1. The van der Waals surface area contributed by atoms with Crippen LogP contribution in [0.25, 0.3) is 0 Å². The second kappa shape index (κ2) is 10.0. The minimum Gasteiger partial charge on any atom is -0.383 e. The van der Waals surface area contributed by atoms with Gasteiger partial charge in [0.25, 0.3) is 15.9 Å². The molecule has 9 nitrogen and oxygen atoms in total. The quantitative estimate of drug-likeness (QED) is 0.569. The molecular weight excluding hydrogens is 442 g/mol. The van der Waals surface area contributed by atoms with Gasteiger partial charge in [0, 0.05) is 25.4 Å². The second-order valence-electron chi connectivity index (χ2n) is 8.87. The van der Waals surface area contributed by atoms with Gasteiger partial charge in [-0.2, -0.15) is 8.42 Å². The van der Waals surface area contributed by atoms with Crippen LogP contribution < -0.4 is 14.9 Å². The highest BCUT2D eigenvalue weighted by Gasteiger charge is 2.40. The zero-order valence-corrected chi connectivity index (χ0v) is 20.6. The lowest BCUT2D eigenvalue weighted by atomic mass is 9.90. The molecule has 0 radical (unpaired) electrons. The summed E-state index contributed by atoms with van der Waals surface area (Å²) in [4.78, 5) is 23.8. The summed E-state index contributed by atoms with van der Waals surface area (Å²) >= 11 is 0. The van der Waals surface area contributed by atoms with Crippen LogP contribution in [0.15, 0.2) is 41.6 Å². The monoisotopic (exact) mass is 475 g/mol. The Morgan fingerprint density at radius 1 is 1.30 bits per heavy atom. The first-order valence-corrected chi connectivity index (χ1v) is 12.6. The molecule has 2 aromatic heterocycles. The molecule has 0 aromatic carbocycles. The van der Waals surface area contributed by atoms with Crippen LogP contribution >= 0.6 is 0 Å². The number of hydrogen-bond donors (Lipinski definition) is 2. The standard InChI is InChI=1S/C23H33N5O4S/c1-6-17(15-32-5)25-19-10-7-11-20(26-19)33(30,31)27-22(29)18-9-8-13-24-21(18)28-14-12-16(2)23(28,3)4/h7-11,13,16-17H,6,12,14-15H2,1-5H3,(H,25,26)(H,27,29). The molecule has 2 N–H and O–H groups in total. The van der Waals surface area contributed by atoms with E-state index < -0.39 is 15.9 Å². The highest BCUT2D eigenvalue weighted by atomic mass is 32.2. The predicted octanol–water partition coefficient (Wildman–Crippen LogP) is 3.06. The van der Waals surface area contributed by atoms with Crippen molar-refractivity contribution in [1.82, 2.24) is 14.7 Å². The van der Waals surface area contributed by atoms with Crippen LogP contribution in [0.5, 0.6) is 0 Å². The lowest BCUT2D eigenvalue weighted by Gasteiger charge is -2.36. The van der Waals surface area contributed by atoms with Crippen LogP contribution in [0.4, 0.5) is 11.6 Å². The smallest absolute Gasteiger partial charge is 0.281 e. The molecule has 0 bridgehead atoms. The van der Waals surface area contributed by atoms with Gasteiger partial charge in [-0.25, -0.2) is 14.7 Å². The molecule has 1 fully saturated rings. The molecule has 3 heterocycles. The van der Waals surface area contributed by atoms with Gasteiger partial charge in [0.15, 0.2) is 5.03 Å². The Hall–Kier alpha value is -2.72. The van der Waals surface area contributed by atoms with Crippen molar-refractivity contribution in [2.45, 2.75) is 57.1 Å². The van der Waals surface area contributed by atoms with E-state index in [9.17, 15) is 13.2 Å². The molecule has 3 rings (SSSR count). The topological polar surface area (TPSA) is 114 Å². The number of pyridine rings is 2. The number of ether oxygens (including phenoxy) is 1. The molecule has 10 heteroatoms. The summed E-state index contributed by atoms with van der Waals surface area (Å²) in [5, 5.41) is 2.91. The van der Waals surface area contributed by atoms with Gasteiger partial charge in [0.2, 0.25) is 0 Å². The number of rotatable bonds is 9. The van der Waals surface area contributed by atoms with E-state index in [-0.39, 0.29) is 22.2 Å². The van der Waals surface area contributed by atoms with Gasteiger partial charge in [-0.15, -0.1) is 0 Å². The Labute approximate surface area is 196 Å². The molecule has 1 aliphatic rings. The number of hydrogen-bond acceptors (Lipinski definition) is 8. The second-order valence-corrected chi connectivity index (χ2v) is 10.5. The maximum atomic E-state index is 13.1. The van der Waals surface area contributed by atoms with E-state index in [1.165, 1.54) is 6.07 Å². The first-order chi connectivity index (χ1) is 15.6. The molecular formula is C23H33N5O4S. The van der Waals surface area contributed by atoms with Crippen LogP contribution in [0.1, 0.15) is 50.9 Å². The first kappa shape index (κ1) is 24.9. The average molecular weight is 476 g/mol. The summed E-state index contributed by atoms with van der Waals surface area (Å²) in [7, 11) is -2.59. The summed E-state index contributed by atoms with van der Waals surface area (Å²) < 4.78 is 33.3. The Kier molecular flexibility index (Phi) is 7.58.